The number of hydrogen-bond donors (Lipinski definition) is 1. The lowest BCUT2D eigenvalue weighted by atomic mass is 10.3. The smallest absolute Gasteiger partial charge is 0.0593 e. The topological polar surface area (TPSA) is 37.4 Å². The zero-order chi connectivity index (χ0) is 13.5. The van der Waals surface area contributed by atoms with Crippen molar-refractivity contribution in [2.24, 2.45) is 0 Å². The lowest BCUT2D eigenvalue weighted by molar-refractivity contribution is 0.120. The molecule has 1 aromatic heterocycles. The van der Waals surface area contributed by atoms with Crippen LogP contribution in [-0.2, 0) is 17.8 Å². The summed E-state index contributed by atoms with van der Waals surface area (Å²) in [6.45, 7) is 6.31. The molecule has 0 amide bonds. The fourth-order valence-corrected chi connectivity index (χ4v) is 1.97. The number of rotatable bonds is 9. The second-order valence-electron chi connectivity index (χ2n) is 5.21. The molecule has 1 N–H and O–H groups in total. The molecule has 1 fully saturated rings. The van der Waals surface area contributed by atoms with Crippen LogP contribution in [-0.4, -0.2) is 42.7 Å². The molecular weight excluding hydrogens is 238 g/mol. The van der Waals surface area contributed by atoms with Crippen LogP contribution in [0.25, 0.3) is 0 Å². The van der Waals surface area contributed by atoms with Gasteiger partial charge in [-0.15, -0.1) is 0 Å². The van der Waals surface area contributed by atoms with Gasteiger partial charge in [0, 0.05) is 32.3 Å². The number of likely N-dealkylation sites (N-methyl/N-ethyl adjacent to an activating group) is 1. The SMILES string of the molecule is CCOCCN(C)Cc1cccc(CNC2CC2)n1. The van der Waals surface area contributed by atoms with Crippen LogP contribution < -0.4 is 5.32 Å². The summed E-state index contributed by atoms with van der Waals surface area (Å²) in [6, 6.07) is 7.03. The van der Waals surface area contributed by atoms with Crippen molar-refractivity contribution in [3.8, 4) is 0 Å². The minimum absolute atomic E-state index is 0.735. The molecule has 1 aliphatic rings. The van der Waals surface area contributed by atoms with Crippen molar-refractivity contribution in [1.82, 2.24) is 15.2 Å². The van der Waals surface area contributed by atoms with Crippen molar-refractivity contribution in [3.05, 3.63) is 29.6 Å². The quantitative estimate of drug-likeness (QED) is 0.689. The summed E-state index contributed by atoms with van der Waals surface area (Å²) in [7, 11) is 2.11. The molecule has 4 nitrogen and oxygen atoms in total. The van der Waals surface area contributed by atoms with Crippen LogP contribution in [0.5, 0.6) is 0 Å². The first-order valence-corrected chi connectivity index (χ1v) is 7.22. The summed E-state index contributed by atoms with van der Waals surface area (Å²) in [5.74, 6) is 0. The number of aromatic nitrogens is 1. The van der Waals surface area contributed by atoms with E-state index >= 15 is 0 Å². The Morgan fingerprint density at radius 1 is 1.37 bits per heavy atom. The van der Waals surface area contributed by atoms with Gasteiger partial charge >= 0.3 is 0 Å². The largest absolute Gasteiger partial charge is 0.380 e. The molecule has 0 aromatic carbocycles. The molecule has 0 atom stereocenters. The maximum absolute atomic E-state index is 5.37. The van der Waals surface area contributed by atoms with Gasteiger partial charge in [-0.1, -0.05) is 6.07 Å². The number of nitrogens with one attached hydrogen (secondary N) is 1. The summed E-state index contributed by atoms with van der Waals surface area (Å²) in [6.07, 6.45) is 2.64. The highest BCUT2D eigenvalue weighted by Crippen LogP contribution is 2.19. The summed E-state index contributed by atoms with van der Waals surface area (Å²) in [4.78, 5) is 6.94. The molecule has 0 saturated heterocycles. The van der Waals surface area contributed by atoms with E-state index in [1.165, 1.54) is 12.8 Å². The van der Waals surface area contributed by atoms with Crippen molar-refractivity contribution >= 4 is 0 Å². The summed E-state index contributed by atoms with van der Waals surface area (Å²) < 4.78 is 5.37. The number of ether oxygens (including phenoxy) is 1. The van der Waals surface area contributed by atoms with E-state index in [1.807, 2.05) is 6.92 Å². The van der Waals surface area contributed by atoms with E-state index in [0.717, 1.165) is 50.3 Å². The standard InChI is InChI=1S/C15H25N3O/c1-3-19-10-9-18(2)12-15-6-4-5-14(17-15)11-16-13-7-8-13/h4-6,13,16H,3,7-12H2,1-2H3. The zero-order valence-electron chi connectivity index (χ0n) is 12.1. The molecule has 1 saturated carbocycles. The number of nitrogens with zero attached hydrogens (tertiary/aromatic N) is 2. The van der Waals surface area contributed by atoms with Crippen molar-refractivity contribution in [3.63, 3.8) is 0 Å². The van der Waals surface area contributed by atoms with E-state index < -0.39 is 0 Å². The minimum Gasteiger partial charge on any atom is -0.380 e. The zero-order valence-corrected chi connectivity index (χ0v) is 12.1. The van der Waals surface area contributed by atoms with Gasteiger partial charge in [0.05, 0.1) is 18.0 Å². The molecule has 106 valence electrons. The highest BCUT2D eigenvalue weighted by atomic mass is 16.5. The van der Waals surface area contributed by atoms with Gasteiger partial charge in [0.25, 0.3) is 0 Å². The first kappa shape index (κ1) is 14.4. The van der Waals surface area contributed by atoms with Gasteiger partial charge in [-0.2, -0.15) is 0 Å². The number of pyridine rings is 1. The lowest BCUT2D eigenvalue weighted by Crippen LogP contribution is -2.23. The fraction of sp³-hybridized carbons (Fsp3) is 0.667. The Bertz CT molecular complexity index is 379. The first-order chi connectivity index (χ1) is 9.28. The van der Waals surface area contributed by atoms with Crippen LogP contribution >= 0.6 is 0 Å². The van der Waals surface area contributed by atoms with Crippen molar-refractivity contribution < 1.29 is 4.74 Å². The van der Waals surface area contributed by atoms with Crippen LogP contribution in [0.2, 0.25) is 0 Å². The highest BCUT2D eigenvalue weighted by molar-refractivity contribution is 5.11. The van der Waals surface area contributed by atoms with Crippen LogP contribution in [0, 0.1) is 0 Å². The molecule has 2 rings (SSSR count). The molecule has 4 heteroatoms. The van der Waals surface area contributed by atoms with Gasteiger partial charge in [0.2, 0.25) is 0 Å². The van der Waals surface area contributed by atoms with Gasteiger partial charge in [-0.3, -0.25) is 9.88 Å². The molecule has 19 heavy (non-hydrogen) atoms. The third kappa shape index (κ3) is 5.68. The Hall–Kier alpha value is -0.970. The van der Waals surface area contributed by atoms with Gasteiger partial charge in [-0.25, -0.2) is 0 Å². The molecule has 0 bridgehead atoms. The second kappa shape index (κ2) is 7.58. The predicted octanol–water partition coefficient (Wildman–Crippen LogP) is 1.80. The maximum atomic E-state index is 5.37. The predicted molar refractivity (Wildman–Crippen MR) is 76.9 cm³/mol. The van der Waals surface area contributed by atoms with E-state index in [1.54, 1.807) is 0 Å². The summed E-state index contributed by atoms with van der Waals surface area (Å²) in [5.41, 5.74) is 2.27. The normalized spacial score (nSPS) is 15.1. The molecule has 1 aromatic rings. The molecule has 0 aliphatic heterocycles. The van der Waals surface area contributed by atoms with Crippen LogP contribution in [0.1, 0.15) is 31.2 Å². The van der Waals surface area contributed by atoms with Crippen molar-refractivity contribution in [2.45, 2.75) is 38.9 Å². The average molecular weight is 263 g/mol. The van der Waals surface area contributed by atoms with Crippen molar-refractivity contribution in [2.75, 3.05) is 26.8 Å². The Morgan fingerprint density at radius 2 is 2.16 bits per heavy atom. The van der Waals surface area contributed by atoms with E-state index in [9.17, 15) is 0 Å². The Kier molecular flexibility index (Phi) is 5.76. The van der Waals surface area contributed by atoms with Gasteiger partial charge in [0.1, 0.15) is 0 Å². The average Bonchev–Trinajstić information content (AvgIpc) is 3.21. The van der Waals surface area contributed by atoms with Crippen LogP contribution in [0.4, 0.5) is 0 Å². The Labute approximate surface area is 116 Å². The summed E-state index contributed by atoms with van der Waals surface area (Å²) in [5, 5.41) is 3.50. The third-order valence-electron chi connectivity index (χ3n) is 3.27. The lowest BCUT2D eigenvalue weighted by Gasteiger charge is -2.16. The van der Waals surface area contributed by atoms with Crippen molar-refractivity contribution in [1.29, 1.82) is 0 Å². The Balaban J connectivity index is 1.76. The van der Waals surface area contributed by atoms with Crippen LogP contribution in [0.3, 0.4) is 0 Å². The summed E-state index contributed by atoms with van der Waals surface area (Å²) >= 11 is 0. The molecule has 1 heterocycles. The highest BCUT2D eigenvalue weighted by Gasteiger charge is 2.20. The van der Waals surface area contributed by atoms with E-state index in [0.29, 0.717) is 0 Å². The Morgan fingerprint density at radius 3 is 2.89 bits per heavy atom. The van der Waals surface area contributed by atoms with E-state index in [4.69, 9.17) is 9.72 Å². The second-order valence-corrected chi connectivity index (χ2v) is 5.21. The van der Waals surface area contributed by atoms with Gasteiger partial charge in [0.15, 0.2) is 0 Å². The monoisotopic (exact) mass is 263 g/mol. The molecule has 1 aliphatic carbocycles. The van der Waals surface area contributed by atoms with E-state index in [2.05, 4.69) is 35.5 Å². The first-order valence-electron chi connectivity index (χ1n) is 7.22. The molecule has 0 spiro atoms. The van der Waals surface area contributed by atoms with Gasteiger partial charge < -0.3 is 10.1 Å². The third-order valence-corrected chi connectivity index (χ3v) is 3.27. The maximum Gasteiger partial charge on any atom is 0.0593 e. The molecule has 0 radical (unpaired) electrons. The van der Waals surface area contributed by atoms with Crippen LogP contribution in [0.15, 0.2) is 18.2 Å². The number of hydrogen-bond acceptors (Lipinski definition) is 4. The molecular formula is C15H25N3O. The minimum atomic E-state index is 0.735. The fourth-order valence-electron chi connectivity index (χ4n) is 1.97. The van der Waals surface area contributed by atoms with Gasteiger partial charge in [-0.05, 0) is 38.9 Å². The van der Waals surface area contributed by atoms with E-state index in [-0.39, 0.29) is 0 Å². The molecule has 0 unspecified atom stereocenters.